The highest BCUT2D eigenvalue weighted by molar-refractivity contribution is 7.23. The average molecular weight is 720 g/mol. The van der Waals surface area contributed by atoms with Gasteiger partial charge in [-0.2, -0.15) is 0 Å². The Bertz CT molecular complexity index is 2650. The highest BCUT2D eigenvalue weighted by atomic mass is 28.3. The summed E-state index contributed by atoms with van der Waals surface area (Å²) in [6, 6.07) is 61.6. The molecule has 10 rings (SSSR count). The lowest BCUT2D eigenvalue weighted by Gasteiger charge is -2.34. The van der Waals surface area contributed by atoms with Crippen LogP contribution in [0.5, 0.6) is 0 Å². The van der Waals surface area contributed by atoms with Gasteiger partial charge in [-0.05, 0) is 31.9 Å². The van der Waals surface area contributed by atoms with Crippen molar-refractivity contribution >= 4 is 28.8 Å². The van der Waals surface area contributed by atoms with E-state index in [-0.39, 0.29) is 0 Å². The molecule has 1 aliphatic rings. The van der Waals surface area contributed by atoms with E-state index in [1.54, 1.807) is 0 Å². The number of hydrogen-bond acceptors (Lipinski definition) is 5. The molecule has 0 saturated carbocycles. The predicted octanol–water partition coefficient (Wildman–Crippen LogP) is 8.35. The van der Waals surface area contributed by atoms with Crippen molar-refractivity contribution in [1.82, 2.24) is 24.9 Å². The zero-order valence-corrected chi connectivity index (χ0v) is 30.8. The summed E-state index contributed by atoms with van der Waals surface area (Å²) in [4.78, 5) is 25.1. The average Bonchev–Trinajstić information content (AvgIpc) is 3.59. The minimum atomic E-state index is -3.15. The van der Waals surface area contributed by atoms with E-state index >= 15 is 0 Å². The molecule has 0 spiro atoms. The molecule has 5 nitrogen and oxygen atoms in total. The molecule has 3 aromatic heterocycles. The Morgan fingerprint density at radius 2 is 0.636 bits per heavy atom. The maximum atomic E-state index is 5.15. The Hall–Kier alpha value is -7.15. The first-order valence-electron chi connectivity index (χ1n) is 18.4. The van der Waals surface area contributed by atoms with Gasteiger partial charge < -0.3 is 0 Å². The monoisotopic (exact) mass is 719 g/mol. The van der Waals surface area contributed by atoms with Gasteiger partial charge in [0.25, 0.3) is 0 Å². The van der Waals surface area contributed by atoms with E-state index in [4.69, 9.17) is 24.9 Å². The number of rotatable bonds is 7. The molecule has 0 unspecified atom stereocenters. The van der Waals surface area contributed by atoms with Crippen molar-refractivity contribution in [1.29, 1.82) is 0 Å². The van der Waals surface area contributed by atoms with E-state index in [1.165, 1.54) is 20.7 Å². The number of hydrogen-bond donors (Lipinski definition) is 0. The number of aromatic nitrogens is 5. The molecule has 0 N–H and O–H groups in total. The van der Waals surface area contributed by atoms with Gasteiger partial charge in [-0.1, -0.05) is 176 Å². The van der Waals surface area contributed by atoms with E-state index in [0.717, 1.165) is 50.1 Å². The van der Waals surface area contributed by atoms with Crippen molar-refractivity contribution in [2.75, 3.05) is 0 Å². The van der Waals surface area contributed by atoms with Crippen LogP contribution in [-0.4, -0.2) is 33.0 Å². The van der Waals surface area contributed by atoms with Gasteiger partial charge in [0.05, 0.1) is 0 Å². The molecule has 0 fully saturated rings. The Kier molecular flexibility index (Phi) is 8.08. The number of benzene rings is 6. The summed E-state index contributed by atoms with van der Waals surface area (Å²) in [5.41, 5.74) is 9.59. The van der Waals surface area contributed by atoms with Crippen LogP contribution in [0.2, 0.25) is 0 Å². The fourth-order valence-corrected chi connectivity index (χ4v) is 13.8. The first-order valence-corrected chi connectivity index (χ1v) is 20.4. The van der Waals surface area contributed by atoms with Crippen LogP contribution in [0.4, 0.5) is 0 Å². The van der Waals surface area contributed by atoms with Gasteiger partial charge in [-0.3, -0.25) is 9.97 Å². The summed E-state index contributed by atoms with van der Waals surface area (Å²) in [6.45, 7) is 0. The normalized spacial score (nSPS) is 12.5. The third kappa shape index (κ3) is 5.50. The SMILES string of the molecule is c1ccc(-c2nc(-c3ccccc3)nc(-c3cccc([Si]4(c5ccccc5)c5c(-c6ccccc6)cncc5-c5cncc(-c6ccccc6)c54)c3)n2)cc1. The quantitative estimate of drug-likeness (QED) is 0.155. The topological polar surface area (TPSA) is 64.5 Å². The summed E-state index contributed by atoms with van der Waals surface area (Å²) >= 11 is 0. The molecule has 1 aliphatic heterocycles. The number of pyridine rings is 2. The van der Waals surface area contributed by atoms with Gasteiger partial charge in [-0.15, -0.1) is 0 Å². The molecule has 0 bridgehead atoms. The summed E-state index contributed by atoms with van der Waals surface area (Å²) in [6.07, 6.45) is 8.19. The van der Waals surface area contributed by atoms with Gasteiger partial charge in [0.1, 0.15) is 0 Å². The molecule has 4 heterocycles. The Labute approximate surface area is 320 Å². The summed E-state index contributed by atoms with van der Waals surface area (Å²) in [5, 5.41) is 5.13. The van der Waals surface area contributed by atoms with Gasteiger partial charge in [0.15, 0.2) is 25.5 Å². The van der Waals surface area contributed by atoms with Crippen LogP contribution in [0.15, 0.2) is 201 Å². The standard InChI is InChI=1S/C49H33N5Si/c1-6-17-34(18-7-1)41-30-50-32-43-44-33-51-31-42(35-19-8-2-9-20-35)46(44)55(45(41)43,39-26-14-5-15-27-39)40-28-16-25-38(29-40)49-53-47(36-21-10-3-11-22-36)52-48(54-49)37-23-12-4-13-24-37/h1-33H. The maximum absolute atomic E-state index is 5.15. The van der Waals surface area contributed by atoms with E-state index in [2.05, 4.69) is 128 Å². The van der Waals surface area contributed by atoms with Crippen LogP contribution < -0.4 is 20.7 Å². The molecule has 0 radical (unpaired) electrons. The maximum Gasteiger partial charge on any atom is 0.182 e. The third-order valence-electron chi connectivity index (χ3n) is 10.6. The second kappa shape index (κ2) is 13.7. The minimum Gasteiger partial charge on any atom is -0.263 e. The number of fused-ring (bicyclic) bond motifs is 3. The Balaban J connectivity index is 1.30. The van der Waals surface area contributed by atoms with Crippen LogP contribution >= 0.6 is 0 Å². The molecule has 6 aromatic carbocycles. The van der Waals surface area contributed by atoms with E-state index in [1.807, 2.05) is 73.1 Å². The molecule has 0 atom stereocenters. The Morgan fingerprint density at radius 1 is 0.291 bits per heavy atom. The first kappa shape index (κ1) is 32.5. The molecule has 258 valence electrons. The second-order valence-corrected chi connectivity index (χ2v) is 17.3. The fraction of sp³-hybridized carbons (Fsp3) is 0. The largest absolute Gasteiger partial charge is 0.263 e. The molecular formula is C49H33N5Si. The van der Waals surface area contributed by atoms with E-state index in [9.17, 15) is 0 Å². The summed E-state index contributed by atoms with van der Waals surface area (Å²) < 4.78 is 0. The number of nitrogens with zero attached hydrogens (tertiary/aromatic N) is 5. The second-order valence-electron chi connectivity index (χ2n) is 13.7. The molecule has 0 amide bonds. The fourth-order valence-electron chi connectivity index (χ4n) is 8.20. The highest BCUT2D eigenvalue weighted by Crippen LogP contribution is 2.36. The summed E-state index contributed by atoms with van der Waals surface area (Å²) in [5.74, 6) is 1.90. The van der Waals surface area contributed by atoms with Crippen LogP contribution in [0.1, 0.15) is 0 Å². The van der Waals surface area contributed by atoms with Gasteiger partial charge >= 0.3 is 0 Å². The van der Waals surface area contributed by atoms with Gasteiger partial charge in [-0.25, -0.2) is 15.0 Å². The zero-order chi connectivity index (χ0) is 36.6. The smallest absolute Gasteiger partial charge is 0.182 e. The molecule has 55 heavy (non-hydrogen) atoms. The zero-order valence-electron chi connectivity index (χ0n) is 29.8. The molecule has 0 aliphatic carbocycles. The third-order valence-corrected chi connectivity index (χ3v) is 15.5. The first-order chi connectivity index (χ1) is 27.3. The van der Waals surface area contributed by atoms with Gasteiger partial charge in [0, 0.05) is 63.7 Å². The highest BCUT2D eigenvalue weighted by Gasteiger charge is 2.52. The molecule has 0 saturated heterocycles. The lowest BCUT2D eigenvalue weighted by molar-refractivity contribution is 1.07. The van der Waals surface area contributed by atoms with Crippen LogP contribution in [-0.2, 0) is 0 Å². The van der Waals surface area contributed by atoms with Gasteiger partial charge in [0.2, 0.25) is 0 Å². The molecule has 6 heteroatoms. The lowest BCUT2D eigenvalue weighted by Crippen LogP contribution is -2.73. The molecular weight excluding hydrogens is 687 g/mol. The van der Waals surface area contributed by atoms with E-state index in [0.29, 0.717) is 17.5 Å². The van der Waals surface area contributed by atoms with E-state index < -0.39 is 8.07 Å². The van der Waals surface area contributed by atoms with Crippen molar-refractivity contribution < 1.29 is 0 Å². The minimum absolute atomic E-state index is 0.626. The van der Waals surface area contributed by atoms with Crippen molar-refractivity contribution in [3.8, 4) is 67.5 Å². The van der Waals surface area contributed by atoms with Crippen molar-refractivity contribution in [2.24, 2.45) is 0 Å². The van der Waals surface area contributed by atoms with Crippen LogP contribution in [0.25, 0.3) is 67.5 Å². The lowest BCUT2D eigenvalue weighted by atomic mass is 10.0. The van der Waals surface area contributed by atoms with Crippen LogP contribution in [0, 0.1) is 0 Å². The summed E-state index contributed by atoms with van der Waals surface area (Å²) in [7, 11) is -3.15. The van der Waals surface area contributed by atoms with Crippen molar-refractivity contribution in [3.05, 3.63) is 201 Å². The van der Waals surface area contributed by atoms with Crippen molar-refractivity contribution in [3.63, 3.8) is 0 Å². The molecule has 9 aromatic rings. The predicted molar refractivity (Wildman–Crippen MR) is 225 cm³/mol. The Morgan fingerprint density at radius 3 is 1.09 bits per heavy atom. The van der Waals surface area contributed by atoms with Crippen molar-refractivity contribution in [2.45, 2.75) is 0 Å². The van der Waals surface area contributed by atoms with Crippen LogP contribution in [0.3, 0.4) is 0 Å².